The van der Waals surface area contributed by atoms with E-state index in [2.05, 4.69) is 10.2 Å². The van der Waals surface area contributed by atoms with Crippen molar-refractivity contribution >= 4 is 5.91 Å². The highest BCUT2D eigenvalue weighted by Gasteiger charge is 2.28. The molecule has 0 radical (unpaired) electrons. The fourth-order valence-electron chi connectivity index (χ4n) is 3.75. The Morgan fingerprint density at radius 3 is 2.14 bits per heavy atom. The number of aryl methyl sites for hydroxylation is 2. The molecule has 3 aromatic rings. The van der Waals surface area contributed by atoms with Crippen molar-refractivity contribution in [1.82, 2.24) is 19.7 Å². The topological polar surface area (TPSA) is 71.0 Å². The third-order valence-corrected chi connectivity index (χ3v) is 5.44. The molecule has 1 fully saturated rings. The van der Waals surface area contributed by atoms with Crippen LogP contribution in [-0.4, -0.2) is 38.7 Å². The van der Waals surface area contributed by atoms with Gasteiger partial charge in [0.15, 0.2) is 0 Å². The maximum absolute atomic E-state index is 12.7. The summed E-state index contributed by atoms with van der Waals surface area (Å²) in [6.45, 7) is 5.35. The summed E-state index contributed by atoms with van der Waals surface area (Å²) in [6.07, 6.45) is 1.57. The lowest BCUT2D eigenvalue weighted by Crippen LogP contribution is -2.38. The number of aromatic nitrogens is 3. The van der Waals surface area contributed by atoms with Crippen molar-refractivity contribution < 1.29 is 4.79 Å². The Kier molecular flexibility index (Phi) is 4.86. The molecule has 1 saturated heterocycles. The molecule has 2 heterocycles. The van der Waals surface area contributed by atoms with Gasteiger partial charge in [-0.15, -0.1) is 0 Å². The molecule has 0 bridgehead atoms. The number of nitrogens with one attached hydrogen (secondary N) is 1. The van der Waals surface area contributed by atoms with Crippen molar-refractivity contribution in [2.24, 2.45) is 0 Å². The van der Waals surface area contributed by atoms with E-state index >= 15 is 0 Å². The van der Waals surface area contributed by atoms with Gasteiger partial charge in [-0.2, -0.15) is 5.10 Å². The van der Waals surface area contributed by atoms with Crippen LogP contribution >= 0.6 is 0 Å². The summed E-state index contributed by atoms with van der Waals surface area (Å²) in [5, 5.41) is 6.89. The van der Waals surface area contributed by atoms with Crippen molar-refractivity contribution in [3.05, 3.63) is 81.5 Å². The van der Waals surface area contributed by atoms with E-state index in [1.54, 1.807) is 4.57 Å². The van der Waals surface area contributed by atoms with Crippen molar-refractivity contribution in [3.8, 4) is 5.69 Å². The normalized spacial score (nSPS) is 15.0. The number of likely N-dealkylation sites (tertiary alicyclic amines) is 1. The van der Waals surface area contributed by atoms with Crippen LogP contribution in [0.4, 0.5) is 0 Å². The zero-order valence-electron chi connectivity index (χ0n) is 16.2. The smallest absolute Gasteiger partial charge is 0.339 e. The highest BCUT2D eigenvalue weighted by atomic mass is 16.2. The van der Waals surface area contributed by atoms with Crippen LogP contribution in [0.5, 0.6) is 0 Å². The zero-order valence-corrected chi connectivity index (χ0v) is 16.2. The number of nitrogens with zero attached hydrogens (tertiary/aromatic N) is 3. The number of piperidine rings is 1. The number of benzene rings is 2. The summed E-state index contributed by atoms with van der Waals surface area (Å²) in [5.74, 6) is 0.954. The molecule has 0 saturated carbocycles. The van der Waals surface area contributed by atoms with Gasteiger partial charge in [-0.05, 0) is 51.0 Å². The molecule has 1 N–H and O–H groups in total. The number of amides is 1. The van der Waals surface area contributed by atoms with Gasteiger partial charge in [0.05, 0.1) is 5.69 Å². The Hall–Kier alpha value is -3.15. The zero-order chi connectivity index (χ0) is 19.7. The lowest BCUT2D eigenvalue weighted by molar-refractivity contribution is 0.0710. The molecule has 28 heavy (non-hydrogen) atoms. The number of carbonyl (C=O) groups is 1. The first-order valence-corrected chi connectivity index (χ1v) is 9.63. The average Bonchev–Trinajstić information content (AvgIpc) is 3.10. The van der Waals surface area contributed by atoms with E-state index in [4.69, 9.17) is 0 Å². The Balaban J connectivity index is 1.50. The molecule has 6 heteroatoms. The summed E-state index contributed by atoms with van der Waals surface area (Å²) in [5.41, 5.74) is 3.60. The molecule has 144 valence electrons. The fourth-order valence-corrected chi connectivity index (χ4v) is 3.75. The van der Waals surface area contributed by atoms with Crippen molar-refractivity contribution in [2.75, 3.05) is 13.1 Å². The van der Waals surface area contributed by atoms with Gasteiger partial charge in [0, 0.05) is 24.6 Å². The molecule has 0 spiro atoms. The molecule has 0 aliphatic carbocycles. The van der Waals surface area contributed by atoms with E-state index in [1.165, 1.54) is 0 Å². The second-order valence-electron chi connectivity index (χ2n) is 7.49. The minimum absolute atomic E-state index is 0.0661. The number of hydrogen-bond acceptors (Lipinski definition) is 3. The van der Waals surface area contributed by atoms with Crippen LogP contribution in [0.3, 0.4) is 0 Å². The molecule has 1 aromatic heterocycles. The maximum atomic E-state index is 12.7. The van der Waals surface area contributed by atoms with Crippen LogP contribution in [0.2, 0.25) is 0 Å². The van der Waals surface area contributed by atoms with Crippen LogP contribution in [0, 0.1) is 13.8 Å². The molecule has 2 aromatic carbocycles. The van der Waals surface area contributed by atoms with Gasteiger partial charge in [0.2, 0.25) is 0 Å². The van der Waals surface area contributed by atoms with E-state index < -0.39 is 0 Å². The maximum Gasteiger partial charge on any atom is 0.347 e. The quantitative estimate of drug-likeness (QED) is 0.763. The number of H-pyrrole nitrogens is 1. The monoisotopic (exact) mass is 376 g/mol. The molecular weight excluding hydrogens is 352 g/mol. The van der Waals surface area contributed by atoms with Gasteiger partial charge < -0.3 is 4.90 Å². The van der Waals surface area contributed by atoms with Gasteiger partial charge in [-0.25, -0.2) is 14.5 Å². The summed E-state index contributed by atoms with van der Waals surface area (Å²) in [4.78, 5) is 27.0. The molecule has 1 aliphatic heterocycles. The Morgan fingerprint density at radius 1 is 0.964 bits per heavy atom. The largest absolute Gasteiger partial charge is 0.347 e. The van der Waals surface area contributed by atoms with Crippen molar-refractivity contribution in [1.29, 1.82) is 0 Å². The minimum Gasteiger partial charge on any atom is -0.339 e. The van der Waals surface area contributed by atoms with Gasteiger partial charge in [-0.3, -0.25) is 4.79 Å². The Morgan fingerprint density at radius 2 is 1.54 bits per heavy atom. The van der Waals surface area contributed by atoms with E-state index in [-0.39, 0.29) is 17.5 Å². The average molecular weight is 376 g/mol. The van der Waals surface area contributed by atoms with E-state index in [1.807, 2.05) is 67.3 Å². The minimum atomic E-state index is -0.225. The molecule has 4 rings (SSSR count). The number of carbonyl (C=O) groups excluding carboxylic acids is 1. The third-order valence-electron chi connectivity index (χ3n) is 5.44. The molecule has 0 atom stereocenters. The van der Waals surface area contributed by atoms with Gasteiger partial charge in [0.1, 0.15) is 5.82 Å². The SMILES string of the molecule is Cc1ccc(C(=O)N2CCC(c3n[nH]c(=O)n3-c3ccc(C)cc3)CC2)cc1. The number of rotatable bonds is 3. The Labute approximate surface area is 163 Å². The van der Waals surface area contributed by atoms with Gasteiger partial charge >= 0.3 is 5.69 Å². The third kappa shape index (κ3) is 3.50. The highest BCUT2D eigenvalue weighted by molar-refractivity contribution is 5.94. The summed E-state index contributed by atoms with van der Waals surface area (Å²) >= 11 is 0. The van der Waals surface area contributed by atoms with Gasteiger partial charge in [0.25, 0.3) is 5.91 Å². The lowest BCUT2D eigenvalue weighted by atomic mass is 9.95. The van der Waals surface area contributed by atoms with Crippen molar-refractivity contribution in [2.45, 2.75) is 32.6 Å². The van der Waals surface area contributed by atoms with E-state index in [0.29, 0.717) is 13.1 Å². The lowest BCUT2D eigenvalue weighted by Gasteiger charge is -2.31. The van der Waals surface area contributed by atoms with Crippen LogP contribution in [0.15, 0.2) is 53.3 Å². The van der Waals surface area contributed by atoms with Crippen LogP contribution < -0.4 is 5.69 Å². The van der Waals surface area contributed by atoms with E-state index in [9.17, 15) is 9.59 Å². The van der Waals surface area contributed by atoms with Crippen LogP contribution in [-0.2, 0) is 0 Å². The predicted molar refractivity (Wildman–Crippen MR) is 108 cm³/mol. The van der Waals surface area contributed by atoms with Crippen LogP contribution in [0.25, 0.3) is 5.69 Å². The highest BCUT2D eigenvalue weighted by Crippen LogP contribution is 2.28. The fraction of sp³-hybridized carbons (Fsp3) is 0.318. The standard InChI is InChI=1S/C22H24N4O2/c1-15-3-7-18(8-4-15)21(27)25-13-11-17(12-14-25)20-23-24-22(28)26(20)19-9-5-16(2)6-10-19/h3-10,17H,11-14H2,1-2H3,(H,24,28). The van der Waals surface area contributed by atoms with Crippen molar-refractivity contribution in [3.63, 3.8) is 0 Å². The molecule has 1 amide bonds. The predicted octanol–water partition coefficient (Wildman–Crippen LogP) is 3.20. The second kappa shape index (κ2) is 7.46. The second-order valence-corrected chi connectivity index (χ2v) is 7.49. The summed E-state index contributed by atoms with van der Waals surface area (Å²) in [7, 11) is 0. The first kappa shape index (κ1) is 18.2. The molecular formula is C22H24N4O2. The number of hydrogen-bond donors (Lipinski definition) is 1. The van der Waals surface area contributed by atoms with Crippen LogP contribution in [0.1, 0.15) is 46.1 Å². The molecule has 6 nitrogen and oxygen atoms in total. The molecule has 0 unspecified atom stereocenters. The first-order valence-electron chi connectivity index (χ1n) is 9.63. The molecule has 1 aliphatic rings. The van der Waals surface area contributed by atoms with Gasteiger partial charge in [-0.1, -0.05) is 35.4 Å². The summed E-state index contributed by atoms with van der Waals surface area (Å²) in [6, 6.07) is 15.5. The van der Waals surface area contributed by atoms with E-state index in [0.717, 1.165) is 41.0 Å². The first-order chi connectivity index (χ1) is 13.5. The summed E-state index contributed by atoms with van der Waals surface area (Å²) < 4.78 is 1.65. The number of aromatic amines is 1. The Bertz CT molecular complexity index is 1020.